The van der Waals surface area contributed by atoms with Crippen molar-refractivity contribution in [3.63, 3.8) is 0 Å². The first-order chi connectivity index (χ1) is 9.69. The van der Waals surface area contributed by atoms with Crippen LogP contribution in [0.4, 0.5) is 18.9 Å². The standard InChI is InChI=1S/C14H18F3N3O/c1-13(21,14(15,16)17)8-19-12(18)20-11-6-5-9-3-2-4-10(9)7-11/h5-7,21H,2-4,8H2,1H3,(H3,18,19,20). The zero-order valence-electron chi connectivity index (χ0n) is 11.7. The molecule has 2 rings (SSSR count). The number of nitrogens with two attached hydrogens (primary N) is 1. The number of rotatable bonds is 3. The molecule has 1 atom stereocenters. The van der Waals surface area contributed by atoms with Crippen LogP contribution in [-0.2, 0) is 12.8 Å². The summed E-state index contributed by atoms with van der Waals surface area (Å²) in [6.07, 6.45) is -1.60. The number of nitrogens with zero attached hydrogens (tertiary/aromatic N) is 1. The molecule has 21 heavy (non-hydrogen) atoms. The van der Waals surface area contributed by atoms with Gasteiger partial charge in [-0.2, -0.15) is 13.2 Å². The molecule has 1 unspecified atom stereocenters. The van der Waals surface area contributed by atoms with Gasteiger partial charge in [-0.15, -0.1) is 0 Å². The van der Waals surface area contributed by atoms with Crippen LogP contribution in [0, 0.1) is 0 Å². The predicted octanol–water partition coefficient (Wildman–Crippen LogP) is 2.22. The molecule has 0 radical (unpaired) electrons. The first-order valence-electron chi connectivity index (χ1n) is 6.67. The van der Waals surface area contributed by atoms with Crippen LogP contribution in [-0.4, -0.2) is 29.4 Å². The third kappa shape index (κ3) is 3.66. The van der Waals surface area contributed by atoms with E-state index in [1.54, 1.807) is 0 Å². The number of nitrogens with one attached hydrogen (secondary N) is 1. The fourth-order valence-electron chi connectivity index (χ4n) is 2.17. The summed E-state index contributed by atoms with van der Waals surface area (Å²) in [5.41, 5.74) is 5.86. The molecule has 0 bridgehead atoms. The highest BCUT2D eigenvalue weighted by atomic mass is 19.4. The lowest BCUT2D eigenvalue weighted by Crippen LogP contribution is -2.45. The van der Waals surface area contributed by atoms with Gasteiger partial charge in [-0.05, 0) is 49.4 Å². The van der Waals surface area contributed by atoms with Crippen molar-refractivity contribution in [3.05, 3.63) is 29.3 Å². The van der Waals surface area contributed by atoms with E-state index in [0.717, 1.165) is 19.3 Å². The molecule has 1 aliphatic carbocycles. The first kappa shape index (κ1) is 15.6. The molecule has 0 heterocycles. The molecule has 0 spiro atoms. The molecular formula is C14H18F3N3O. The number of aliphatic imine (C=N–C) groups is 1. The fourth-order valence-corrected chi connectivity index (χ4v) is 2.17. The second-order valence-corrected chi connectivity index (χ2v) is 5.44. The number of hydrogen-bond acceptors (Lipinski definition) is 2. The average Bonchev–Trinajstić information content (AvgIpc) is 2.82. The number of aliphatic hydroxyl groups is 1. The summed E-state index contributed by atoms with van der Waals surface area (Å²) in [4.78, 5) is 3.56. The Morgan fingerprint density at radius 3 is 2.67 bits per heavy atom. The van der Waals surface area contributed by atoms with E-state index < -0.39 is 18.3 Å². The largest absolute Gasteiger partial charge is 0.418 e. The van der Waals surface area contributed by atoms with Gasteiger partial charge >= 0.3 is 6.18 Å². The molecule has 0 saturated heterocycles. The summed E-state index contributed by atoms with van der Waals surface area (Å²) in [5.74, 6) is -0.155. The molecule has 0 amide bonds. The van der Waals surface area contributed by atoms with Gasteiger partial charge in [0.1, 0.15) is 0 Å². The SMILES string of the molecule is CC(O)(CN=C(N)Nc1ccc2c(c1)CCC2)C(F)(F)F. The van der Waals surface area contributed by atoms with Gasteiger partial charge in [0.2, 0.25) is 0 Å². The van der Waals surface area contributed by atoms with E-state index in [0.29, 0.717) is 12.6 Å². The summed E-state index contributed by atoms with van der Waals surface area (Å²) in [5, 5.41) is 12.0. The van der Waals surface area contributed by atoms with Crippen LogP contribution < -0.4 is 11.1 Å². The minimum Gasteiger partial charge on any atom is -0.379 e. The van der Waals surface area contributed by atoms with Gasteiger partial charge < -0.3 is 16.2 Å². The first-order valence-corrected chi connectivity index (χ1v) is 6.67. The smallest absolute Gasteiger partial charge is 0.379 e. The zero-order chi connectivity index (χ0) is 15.7. The van der Waals surface area contributed by atoms with Crippen LogP contribution in [0.3, 0.4) is 0 Å². The lowest BCUT2D eigenvalue weighted by Gasteiger charge is -2.24. The Morgan fingerprint density at radius 2 is 2.00 bits per heavy atom. The van der Waals surface area contributed by atoms with Gasteiger partial charge in [-0.25, -0.2) is 4.99 Å². The van der Waals surface area contributed by atoms with Crippen LogP contribution in [0.1, 0.15) is 24.5 Å². The molecule has 1 aromatic carbocycles. The van der Waals surface area contributed by atoms with Crippen LogP contribution in [0.2, 0.25) is 0 Å². The number of guanidine groups is 1. The molecule has 1 aliphatic rings. The maximum atomic E-state index is 12.5. The van der Waals surface area contributed by atoms with Gasteiger partial charge in [0.15, 0.2) is 11.6 Å². The molecule has 116 valence electrons. The summed E-state index contributed by atoms with van der Waals surface area (Å²) >= 11 is 0. The molecule has 4 nitrogen and oxygen atoms in total. The van der Waals surface area contributed by atoms with E-state index in [1.165, 1.54) is 11.1 Å². The Balaban J connectivity index is 2.01. The lowest BCUT2D eigenvalue weighted by atomic mass is 10.1. The van der Waals surface area contributed by atoms with E-state index >= 15 is 0 Å². The monoisotopic (exact) mass is 301 g/mol. The topological polar surface area (TPSA) is 70.6 Å². The Bertz CT molecular complexity index is 553. The second-order valence-electron chi connectivity index (χ2n) is 5.44. The summed E-state index contributed by atoms with van der Waals surface area (Å²) in [7, 11) is 0. The van der Waals surface area contributed by atoms with Gasteiger partial charge in [0, 0.05) is 5.69 Å². The fraction of sp³-hybridized carbons (Fsp3) is 0.500. The summed E-state index contributed by atoms with van der Waals surface area (Å²) < 4.78 is 37.4. The van der Waals surface area contributed by atoms with Crippen LogP contribution in [0.15, 0.2) is 23.2 Å². The highest BCUT2D eigenvalue weighted by molar-refractivity contribution is 5.92. The maximum absolute atomic E-state index is 12.5. The number of halogens is 3. The van der Waals surface area contributed by atoms with E-state index in [1.807, 2.05) is 18.2 Å². The van der Waals surface area contributed by atoms with Crippen molar-refractivity contribution in [2.45, 2.75) is 38.0 Å². The minimum atomic E-state index is -4.75. The minimum absolute atomic E-state index is 0.155. The second kappa shape index (κ2) is 5.55. The highest BCUT2D eigenvalue weighted by Gasteiger charge is 2.49. The van der Waals surface area contributed by atoms with Crippen molar-refractivity contribution in [2.24, 2.45) is 10.7 Å². The zero-order valence-corrected chi connectivity index (χ0v) is 11.7. The summed E-state index contributed by atoms with van der Waals surface area (Å²) in [6.45, 7) is -0.181. The number of benzene rings is 1. The third-order valence-corrected chi connectivity index (χ3v) is 3.54. The summed E-state index contributed by atoms with van der Waals surface area (Å²) in [6, 6.07) is 5.71. The normalized spacial score (nSPS) is 18.2. The van der Waals surface area contributed by atoms with Gasteiger partial charge in [0.25, 0.3) is 0 Å². The van der Waals surface area contributed by atoms with E-state index in [9.17, 15) is 18.3 Å². The molecule has 0 fully saturated rings. The highest BCUT2D eigenvalue weighted by Crippen LogP contribution is 2.30. The molecule has 0 aromatic heterocycles. The number of fused-ring (bicyclic) bond motifs is 1. The molecule has 0 saturated carbocycles. The van der Waals surface area contributed by atoms with E-state index in [4.69, 9.17) is 5.73 Å². The molecule has 0 aliphatic heterocycles. The predicted molar refractivity (Wildman–Crippen MR) is 75.3 cm³/mol. The number of alkyl halides is 3. The third-order valence-electron chi connectivity index (χ3n) is 3.54. The van der Waals surface area contributed by atoms with Crippen molar-refractivity contribution in [1.29, 1.82) is 0 Å². The van der Waals surface area contributed by atoms with E-state index in [2.05, 4.69) is 10.3 Å². The van der Waals surface area contributed by atoms with E-state index in [-0.39, 0.29) is 5.96 Å². The van der Waals surface area contributed by atoms with Gasteiger partial charge in [0.05, 0.1) is 6.54 Å². The van der Waals surface area contributed by atoms with Crippen molar-refractivity contribution in [2.75, 3.05) is 11.9 Å². The van der Waals surface area contributed by atoms with Crippen molar-refractivity contribution in [1.82, 2.24) is 0 Å². The number of anilines is 1. The van der Waals surface area contributed by atoms with Crippen molar-refractivity contribution >= 4 is 11.6 Å². The Hall–Kier alpha value is -1.76. The Morgan fingerprint density at radius 1 is 1.33 bits per heavy atom. The average molecular weight is 301 g/mol. The van der Waals surface area contributed by atoms with Crippen molar-refractivity contribution in [3.8, 4) is 0 Å². The lowest BCUT2D eigenvalue weighted by molar-refractivity contribution is -0.248. The molecule has 4 N–H and O–H groups in total. The molecule has 1 aromatic rings. The molecular weight excluding hydrogens is 283 g/mol. The van der Waals surface area contributed by atoms with Crippen LogP contribution in [0.25, 0.3) is 0 Å². The maximum Gasteiger partial charge on any atom is 0.418 e. The van der Waals surface area contributed by atoms with Crippen molar-refractivity contribution < 1.29 is 18.3 Å². The molecule has 7 heteroatoms. The van der Waals surface area contributed by atoms with Gasteiger partial charge in [-0.3, -0.25) is 0 Å². The number of hydrogen-bond donors (Lipinski definition) is 3. The Labute approximate surface area is 120 Å². The van der Waals surface area contributed by atoms with Gasteiger partial charge in [-0.1, -0.05) is 6.07 Å². The quantitative estimate of drug-likeness (QED) is 0.592. The Kier molecular flexibility index (Phi) is 4.13. The van der Waals surface area contributed by atoms with Crippen LogP contribution >= 0.6 is 0 Å². The van der Waals surface area contributed by atoms with Crippen LogP contribution in [0.5, 0.6) is 0 Å². The number of aryl methyl sites for hydroxylation is 2.